The third-order valence-corrected chi connectivity index (χ3v) is 10.4. The summed E-state index contributed by atoms with van der Waals surface area (Å²) in [5.41, 5.74) is 10.1. The van der Waals surface area contributed by atoms with Gasteiger partial charge in [-0.2, -0.15) is 0 Å². The maximum atomic E-state index is 2.43. The molecule has 0 aliphatic rings. The zero-order chi connectivity index (χ0) is 33.0. The smallest absolute Gasteiger partial charge is 0.00199 e. The summed E-state index contributed by atoms with van der Waals surface area (Å²) in [4.78, 5) is 0. The Bertz CT molecular complexity index is 2700. The van der Waals surface area contributed by atoms with Gasteiger partial charge in [0.2, 0.25) is 0 Å². The van der Waals surface area contributed by atoms with Crippen molar-refractivity contribution in [2.24, 2.45) is 0 Å². The van der Waals surface area contributed by atoms with Gasteiger partial charge in [-0.15, -0.1) is 0 Å². The molecule has 0 aliphatic heterocycles. The van der Waals surface area contributed by atoms with Crippen LogP contribution in [0.5, 0.6) is 0 Å². The topological polar surface area (TPSA) is 0 Å². The Morgan fingerprint density at radius 3 is 0.900 bits per heavy atom. The summed E-state index contributed by atoms with van der Waals surface area (Å²) in [5.74, 6) is 0. The summed E-state index contributed by atoms with van der Waals surface area (Å²) in [6.45, 7) is 0. The van der Waals surface area contributed by atoms with E-state index in [1.165, 1.54) is 98.4 Å². The standard InChI is InChI=1S/C50H32/c1-3-15-33(16-4-1)37-27-29-45(41-23-11-9-21-39(37)41)49-43-25-13-14-26-44(43)50(48-32-36-20-8-7-19-35(36)31-47(48)49)46-30-28-38(34-17-5-2-6-18-34)40-22-10-12-24-42(40)46/h1-32H. The van der Waals surface area contributed by atoms with E-state index in [-0.39, 0.29) is 0 Å². The molecule has 0 amide bonds. The Balaban J connectivity index is 1.35. The number of hydrogen-bond donors (Lipinski definition) is 0. The van der Waals surface area contributed by atoms with E-state index in [1.54, 1.807) is 0 Å². The predicted molar refractivity (Wildman–Crippen MR) is 216 cm³/mol. The van der Waals surface area contributed by atoms with Crippen LogP contribution in [0.1, 0.15) is 0 Å². The van der Waals surface area contributed by atoms with Crippen LogP contribution in [0.4, 0.5) is 0 Å². The SMILES string of the molecule is c1ccc(-c2ccc(-c3c4ccccc4c(-c4ccc(-c5ccccc5)c5ccccc45)c4cc5ccccc5cc34)c3ccccc23)cc1. The average Bonchev–Trinajstić information content (AvgIpc) is 3.19. The highest BCUT2D eigenvalue weighted by Crippen LogP contribution is 2.49. The Morgan fingerprint density at radius 2 is 0.500 bits per heavy atom. The molecule has 0 heterocycles. The summed E-state index contributed by atoms with van der Waals surface area (Å²) < 4.78 is 0. The fourth-order valence-corrected chi connectivity index (χ4v) is 8.22. The zero-order valence-corrected chi connectivity index (χ0v) is 27.5. The molecule has 10 rings (SSSR count). The van der Waals surface area contributed by atoms with E-state index in [9.17, 15) is 0 Å². The fourth-order valence-electron chi connectivity index (χ4n) is 8.22. The van der Waals surface area contributed by atoms with Gasteiger partial charge < -0.3 is 0 Å². The van der Waals surface area contributed by atoms with Crippen molar-refractivity contribution in [3.63, 3.8) is 0 Å². The van der Waals surface area contributed by atoms with Crippen molar-refractivity contribution in [1.82, 2.24) is 0 Å². The van der Waals surface area contributed by atoms with Crippen LogP contribution in [0.2, 0.25) is 0 Å². The molecule has 0 radical (unpaired) electrons. The molecular weight excluding hydrogens is 601 g/mol. The number of benzene rings is 10. The van der Waals surface area contributed by atoms with Crippen molar-refractivity contribution < 1.29 is 0 Å². The minimum atomic E-state index is 1.23. The highest BCUT2D eigenvalue weighted by molar-refractivity contribution is 6.27. The van der Waals surface area contributed by atoms with E-state index >= 15 is 0 Å². The van der Waals surface area contributed by atoms with Crippen molar-refractivity contribution in [2.75, 3.05) is 0 Å². The molecule has 0 saturated carbocycles. The highest BCUT2D eigenvalue weighted by atomic mass is 14.2. The summed E-state index contributed by atoms with van der Waals surface area (Å²) in [6, 6.07) is 71.3. The second-order valence-electron chi connectivity index (χ2n) is 13.2. The molecule has 10 aromatic rings. The van der Waals surface area contributed by atoms with Gasteiger partial charge in [-0.25, -0.2) is 0 Å². The number of rotatable bonds is 4. The Hall–Kier alpha value is -6.50. The monoisotopic (exact) mass is 632 g/mol. The Morgan fingerprint density at radius 1 is 0.200 bits per heavy atom. The van der Waals surface area contributed by atoms with Crippen LogP contribution in [-0.4, -0.2) is 0 Å². The first-order valence-electron chi connectivity index (χ1n) is 17.4. The Labute approximate surface area is 291 Å². The summed E-state index contributed by atoms with van der Waals surface area (Å²) >= 11 is 0. The molecule has 0 bridgehead atoms. The molecule has 0 unspecified atom stereocenters. The van der Waals surface area contributed by atoms with Gasteiger partial charge in [0.1, 0.15) is 0 Å². The maximum absolute atomic E-state index is 2.43. The third kappa shape index (κ3) is 4.46. The largest absolute Gasteiger partial charge is 0.0622 e. The molecule has 0 aromatic heterocycles. The highest BCUT2D eigenvalue weighted by Gasteiger charge is 2.21. The van der Waals surface area contributed by atoms with Crippen LogP contribution in [0, 0.1) is 0 Å². The van der Waals surface area contributed by atoms with E-state index in [0.29, 0.717) is 0 Å². The minimum Gasteiger partial charge on any atom is -0.0622 e. The maximum Gasteiger partial charge on any atom is -0.00199 e. The van der Waals surface area contributed by atoms with Gasteiger partial charge in [0, 0.05) is 0 Å². The van der Waals surface area contributed by atoms with E-state index in [4.69, 9.17) is 0 Å². The first-order chi connectivity index (χ1) is 24.8. The van der Waals surface area contributed by atoms with Crippen LogP contribution in [0.15, 0.2) is 194 Å². The predicted octanol–water partition coefficient (Wildman–Crippen LogP) is 14.1. The van der Waals surface area contributed by atoms with Gasteiger partial charge >= 0.3 is 0 Å². The summed E-state index contributed by atoms with van der Waals surface area (Å²) in [5, 5.41) is 12.6. The molecule has 0 aliphatic carbocycles. The lowest BCUT2D eigenvalue weighted by molar-refractivity contribution is 1.64. The third-order valence-electron chi connectivity index (χ3n) is 10.4. The fraction of sp³-hybridized carbons (Fsp3) is 0. The quantitative estimate of drug-likeness (QED) is 0.169. The molecule has 0 spiro atoms. The summed E-state index contributed by atoms with van der Waals surface area (Å²) in [6.07, 6.45) is 0. The molecule has 50 heavy (non-hydrogen) atoms. The minimum absolute atomic E-state index is 1.23. The first-order valence-corrected chi connectivity index (χ1v) is 17.4. The van der Waals surface area contributed by atoms with Gasteiger partial charge in [-0.1, -0.05) is 182 Å². The van der Waals surface area contributed by atoms with Crippen molar-refractivity contribution in [1.29, 1.82) is 0 Å². The van der Waals surface area contributed by atoms with E-state index in [2.05, 4.69) is 194 Å². The normalized spacial score (nSPS) is 11.6. The molecule has 232 valence electrons. The molecule has 0 fully saturated rings. The molecule has 10 aromatic carbocycles. The lowest BCUT2D eigenvalue weighted by atomic mass is 9.81. The first kappa shape index (κ1) is 28.5. The van der Waals surface area contributed by atoms with Crippen LogP contribution in [0.25, 0.3) is 98.4 Å². The van der Waals surface area contributed by atoms with E-state index in [0.717, 1.165) is 0 Å². The molecule has 0 heteroatoms. The van der Waals surface area contributed by atoms with Gasteiger partial charge in [-0.05, 0) is 111 Å². The van der Waals surface area contributed by atoms with Crippen LogP contribution >= 0.6 is 0 Å². The van der Waals surface area contributed by atoms with Gasteiger partial charge in [0.15, 0.2) is 0 Å². The molecule has 0 atom stereocenters. The molecular formula is C50H32. The van der Waals surface area contributed by atoms with Crippen LogP contribution in [-0.2, 0) is 0 Å². The van der Waals surface area contributed by atoms with Gasteiger partial charge in [-0.3, -0.25) is 0 Å². The average molecular weight is 633 g/mol. The van der Waals surface area contributed by atoms with Crippen LogP contribution < -0.4 is 0 Å². The summed E-state index contributed by atoms with van der Waals surface area (Å²) in [7, 11) is 0. The lowest BCUT2D eigenvalue weighted by Crippen LogP contribution is -1.94. The number of hydrogen-bond acceptors (Lipinski definition) is 0. The van der Waals surface area contributed by atoms with Crippen molar-refractivity contribution in [2.45, 2.75) is 0 Å². The number of fused-ring (bicyclic) bond motifs is 5. The Kier molecular flexibility index (Phi) is 6.60. The van der Waals surface area contributed by atoms with Crippen molar-refractivity contribution in [3.05, 3.63) is 194 Å². The lowest BCUT2D eigenvalue weighted by Gasteiger charge is -2.21. The molecule has 0 nitrogen and oxygen atoms in total. The van der Waals surface area contributed by atoms with Crippen molar-refractivity contribution in [3.8, 4) is 44.5 Å². The second kappa shape index (κ2) is 11.6. The van der Waals surface area contributed by atoms with Crippen molar-refractivity contribution >= 4 is 53.9 Å². The van der Waals surface area contributed by atoms with E-state index in [1.807, 2.05) is 0 Å². The van der Waals surface area contributed by atoms with Gasteiger partial charge in [0.05, 0.1) is 0 Å². The molecule has 0 N–H and O–H groups in total. The second-order valence-corrected chi connectivity index (χ2v) is 13.2. The van der Waals surface area contributed by atoms with Gasteiger partial charge in [0.25, 0.3) is 0 Å². The van der Waals surface area contributed by atoms with Crippen LogP contribution in [0.3, 0.4) is 0 Å². The zero-order valence-electron chi connectivity index (χ0n) is 27.5. The van der Waals surface area contributed by atoms with E-state index < -0.39 is 0 Å². The molecule has 0 saturated heterocycles.